The van der Waals surface area contributed by atoms with E-state index < -0.39 is 0 Å². The van der Waals surface area contributed by atoms with E-state index >= 15 is 0 Å². The van der Waals surface area contributed by atoms with Gasteiger partial charge in [-0.2, -0.15) is 0 Å². The van der Waals surface area contributed by atoms with Gasteiger partial charge in [0, 0.05) is 35.5 Å². The lowest BCUT2D eigenvalue weighted by molar-refractivity contribution is 0.725. The van der Waals surface area contributed by atoms with Gasteiger partial charge in [0.2, 0.25) is 0 Å². The van der Waals surface area contributed by atoms with Crippen molar-refractivity contribution in [3.63, 3.8) is 0 Å². The number of hydrogen-bond donors (Lipinski definition) is 0. The van der Waals surface area contributed by atoms with Gasteiger partial charge in [-0.15, -0.1) is 0 Å². The number of fused-ring (bicyclic) bond motifs is 1. The third-order valence-electron chi connectivity index (χ3n) is 4.59. The molecule has 26 heavy (non-hydrogen) atoms. The summed E-state index contributed by atoms with van der Waals surface area (Å²) in [5.74, 6) is 1.22. The Bertz CT molecular complexity index is 894. The summed E-state index contributed by atoms with van der Waals surface area (Å²) in [7, 11) is 0. The minimum Gasteiger partial charge on any atom is -0.356 e. The Morgan fingerprint density at radius 3 is 2.46 bits per heavy atom. The van der Waals surface area contributed by atoms with Gasteiger partial charge in [0.25, 0.3) is 0 Å². The summed E-state index contributed by atoms with van der Waals surface area (Å²) < 4.78 is 3.28. The predicted octanol–water partition coefficient (Wildman–Crippen LogP) is 5.66. The van der Waals surface area contributed by atoms with Gasteiger partial charge in [-0.1, -0.05) is 48.8 Å². The Balaban J connectivity index is 2.23. The van der Waals surface area contributed by atoms with Gasteiger partial charge in [0.15, 0.2) is 5.65 Å². The zero-order chi connectivity index (χ0) is 18.7. The van der Waals surface area contributed by atoms with Crippen LogP contribution in [0.25, 0.3) is 16.9 Å². The molecule has 4 nitrogen and oxygen atoms in total. The summed E-state index contributed by atoms with van der Waals surface area (Å²) in [4.78, 5) is 12.1. The first kappa shape index (κ1) is 18.9. The van der Waals surface area contributed by atoms with Crippen molar-refractivity contribution in [1.82, 2.24) is 14.4 Å². The second kappa shape index (κ2) is 8.21. The van der Waals surface area contributed by atoms with Crippen molar-refractivity contribution >= 4 is 27.4 Å². The lowest BCUT2D eigenvalue weighted by Crippen LogP contribution is -2.27. The monoisotopic (exact) mass is 414 g/mol. The molecule has 0 aliphatic rings. The SMILES string of the molecule is CCCN(CCC)c1c(CC)nc2c(-c3ccc(C)cc3Br)nccn12. The summed E-state index contributed by atoms with van der Waals surface area (Å²) >= 11 is 3.70. The number of nitrogens with zero attached hydrogens (tertiary/aromatic N) is 4. The molecule has 5 heteroatoms. The zero-order valence-electron chi connectivity index (χ0n) is 16.1. The van der Waals surface area contributed by atoms with Crippen LogP contribution in [-0.2, 0) is 6.42 Å². The van der Waals surface area contributed by atoms with Crippen LogP contribution in [0.3, 0.4) is 0 Å². The Kier molecular flexibility index (Phi) is 5.97. The van der Waals surface area contributed by atoms with E-state index in [9.17, 15) is 0 Å². The molecular weight excluding hydrogens is 388 g/mol. The van der Waals surface area contributed by atoms with Crippen LogP contribution in [0.2, 0.25) is 0 Å². The first-order valence-corrected chi connectivity index (χ1v) is 10.3. The molecule has 3 rings (SSSR count). The molecule has 0 bridgehead atoms. The van der Waals surface area contributed by atoms with Crippen LogP contribution in [0, 0.1) is 6.92 Å². The molecule has 0 N–H and O–H groups in total. The average Bonchev–Trinajstić information content (AvgIpc) is 3.00. The number of rotatable bonds is 7. The zero-order valence-corrected chi connectivity index (χ0v) is 17.7. The van der Waals surface area contributed by atoms with E-state index in [1.807, 2.05) is 12.4 Å². The molecule has 0 radical (unpaired) electrons. The third kappa shape index (κ3) is 3.50. The minimum atomic E-state index is 0.912. The second-order valence-electron chi connectivity index (χ2n) is 6.68. The molecule has 0 fully saturated rings. The molecule has 0 saturated heterocycles. The molecule has 0 amide bonds. The summed E-state index contributed by atoms with van der Waals surface area (Å²) in [6, 6.07) is 6.37. The van der Waals surface area contributed by atoms with Crippen LogP contribution >= 0.6 is 15.9 Å². The smallest absolute Gasteiger partial charge is 0.165 e. The van der Waals surface area contributed by atoms with Crippen LogP contribution in [-0.4, -0.2) is 27.5 Å². The number of aryl methyl sites for hydroxylation is 2. The van der Waals surface area contributed by atoms with Crippen LogP contribution < -0.4 is 4.90 Å². The van der Waals surface area contributed by atoms with Crippen LogP contribution in [0.1, 0.15) is 44.9 Å². The van der Waals surface area contributed by atoms with Crippen molar-refractivity contribution in [2.45, 2.75) is 47.0 Å². The first-order valence-electron chi connectivity index (χ1n) is 9.48. The van der Waals surface area contributed by atoms with Crippen LogP contribution in [0.15, 0.2) is 35.1 Å². The quantitative estimate of drug-likeness (QED) is 0.500. The normalized spacial score (nSPS) is 11.3. The topological polar surface area (TPSA) is 33.4 Å². The third-order valence-corrected chi connectivity index (χ3v) is 5.24. The molecule has 138 valence electrons. The van der Waals surface area contributed by atoms with Gasteiger partial charge >= 0.3 is 0 Å². The van der Waals surface area contributed by atoms with E-state index in [4.69, 9.17) is 4.98 Å². The van der Waals surface area contributed by atoms with Crippen molar-refractivity contribution in [2.24, 2.45) is 0 Å². The Morgan fingerprint density at radius 2 is 1.85 bits per heavy atom. The predicted molar refractivity (Wildman–Crippen MR) is 113 cm³/mol. The van der Waals surface area contributed by atoms with Gasteiger partial charge < -0.3 is 4.90 Å². The van der Waals surface area contributed by atoms with Gasteiger partial charge in [-0.05, 0) is 37.8 Å². The minimum absolute atomic E-state index is 0.912. The summed E-state index contributed by atoms with van der Waals surface area (Å²) in [5, 5.41) is 0. The number of anilines is 1. The number of benzene rings is 1. The van der Waals surface area contributed by atoms with E-state index in [0.717, 1.165) is 59.4 Å². The van der Waals surface area contributed by atoms with Crippen LogP contribution in [0.4, 0.5) is 5.82 Å². The fourth-order valence-electron chi connectivity index (χ4n) is 3.45. The highest BCUT2D eigenvalue weighted by molar-refractivity contribution is 9.10. The van der Waals surface area contributed by atoms with Crippen molar-refractivity contribution in [2.75, 3.05) is 18.0 Å². The molecule has 0 aliphatic carbocycles. The highest BCUT2D eigenvalue weighted by atomic mass is 79.9. The first-order chi connectivity index (χ1) is 12.6. The molecule has 1 aromatic carbocycles. The second-order valence-corrected chi connectivity index (χ2v) is 7.53. The van der Waals surface area contributed by atoms with E-state index in [1.165, 1.54) is 11.4 Å². The number of halogens is 1. The van der Waals surface area contributed by atoms with Crippen molar-refractivity contribution in [1.29, 1.82) is 0 Å². The Labute approximate surface area is 164 Å². The van der Waals surface area contributed by atoms with Crippen LogP contribution in [0.5, 0.6) is 0 Å². The Morgan fingerprint density at radius 1 is 1.12 bits per heavy atom. The van der Waals surface area contributed by atoms with Crippen molar-refractivity contribution < 1.29 is 0 Å². The molecule has 0 unspecified atom stereocenters. The molecule has 0 spiro atoms. The summed E-state index contributed by atoms with van der Waals surface area (Å²) in [6.45, 7) is 10.8. The lowest BCUT2D eigenvalue weighted by atomic mass is 10.1. The number of aromatic nitrogens is 3. The highest BCUT2D eigenvalue weighted by Gasteiger charge is 2.20. The Hall–Kier alpha value is -1.88. The summed E-state index contributed by atoms with van der Waals surface area (Å²) in [5.41, 5.74) is 5.31. The maximum Gasteiger partial charge on any atom is 0.165 e. The van der Waals surface area contributed by atoms with Crippen molar-refractivity contribution in [3.8, 4) is 11.3 Å². The standard InChI is InChI=1S/C21H27BrN4/c1-5-11-25(12-6-2)21-18(7-3)24-20-19(23-10-13-26(20)21)16-9-8-15(4)14-17(16)22/h8-10,13-14H,5-7,11-12H2,1-4H3. The highest BCUT2D eigenvalue weighted by Crippen LogP contribution is 2.33. The van der Waals surface area contributed by atoms with Gasteiger partial charge in [0.1, 0.15) is 11.5 Å². The van der Waals surface area contributed by atoms with E-state index in [-0.39, 0.29) is 0 Å². The molecule has 0 atom stereocenters. The van der Waals surface area contributed by atoms with Crippen molar-refractivity contribution in [3.05, 3.63) is 46.3 Å². The molecule has 2 aromatic heterocycles. The van der Waals surface area contributed by atoms with E-state index in [1.54, 1.807) is 0 Å². The number of hydrogen-bond acceptors (Lipinski definition) is 3. The molecule has 3 aromatic rings. The molecule has 0 aliphatic heterocycles. The maximum atomic E-state index is 4.99. The number of imidazole rings is 1. The van der Waals surface area contributed by atoms with Gasteiger partial charge in [-0.3, -0.25) is 9.38 Å². The average molecular weight is 415 g/mol. The fraction of sp³-hybridized carbons (Fsp3) is 0.429. The van der Waals surface area contributed by atoms with E-state index in [2.05, 4.69) is 76.1 Å². The molecular formula is C21H27BrN4. The van der Waals surface area contributed by atoms with E-state index in [0.29, 0.717) is 0 Å². The summed E-state index contributed by atoms with van der Waals surface area (Å²) in [6.07, 6.45) is 7.08. The van der Waals surface area contributed by atoms with Gasteiger partial charge in [-0.25, -0.2) is 4.98 Å². The molecule has 2 heterocycles. The lowest BCUT2D eigenvalue weighted by Gasteiger charge is -2.24. The largest absolute Gasteiger partial charge is 0.356 e. The fourth-order valence-corrected chi connectivity index (χ4v) is 4.13. The van der Waals surface area contributed by atoms with Gasteiger partial charge in [0.05, 0.1) is 5.69 Å². The maximum absolute atomic E-state index is 4.99. The molecule has 0 saturated carbocycles.